The molecule has 0 saturated carbocycles. The van der Waals surface area contributed by atoms with E-state index in [1.807, 2.05) is 12.1 Å². The highest BCUT2D eigenvalue weighted by molar-refractivity contribution is 5.79. The zero-order valence-corrected chi connectivity index (χ0v) is 17.2. The summed E-state index contributed by atoms with van der Waals surface area (Å²) in [5, 5.41) is 6.67. The summed E-state index contributed by atoms with van der Waals surface area (Å²) in [6.45, 7) is 7.19. The van der Waals surface area contributed by atoms with Crippen LogP contribution in [0.5, 0.6) is 17.2 Å². The zero-order chi connectivity index (χ0) is 19.7. The second-order valence-corrected chi connectivity index (χ2v) is 6.77. The first-order valence-electron chi connectivity index (χ1n) is 9.51. The molecule has 7 nitrogen and oxygen atoms in total. The first-order chi connectivity index (χ1) is 13.1. The Kier molecular flexibility index (Phi) is 8.03. The van der Waals surface area contributed by atoms with Gasteiger partial charge in [-0.25, -0.2) is 0 Å². The predicted octanol–water partition coefficient (Wildman–Crippen LogP) is 2.38. The van der Waals surface area contributed by atoms with Crippen molar-refractivity contribution in [3.05, 3.63) is 17.7 Å². The normalized spacial score (nSPS) is 19.7. The third kappa shape index (κ3) is 5.66. The molecule has 7 heteroatoms. The van der Waals surface area contributed by atoms with Crippen molar-refractivity contribution in [1.29, 1.82) is 0 Å². The molecule has 0 spiro atoms. The van der Waals surface area contributed by atoms with Gasteiger partial charge in [-0.05, 0) is 39.2 Å². The molecular weight excluding hydrogens is 346 g/mol. The van der Waals surface area contributed by atoms with Crippen molar-refractivity contribution in [2.45, 2.75) is 38.7 Å². The fraction of sp³-hybridized carbons (Fsp3) is 0.650. The molecular formula is C20H33N3O4. The third-order valence-electron chi connectivity index (χ3n) is 4.69. The zero-order valence-electron chi connectivity index (χ0n) is 17.2. The van der Waals surface area contributed by atoms with Crippen molar-refractivity contribution in [3.8, 4) is 17.2 Å². The van der Waals surface area contributed by atoms with Crippen molar-refractivity contribution < 1.29 is 18.9 Å². The largest absolute Gasteiger partial charge is 0.493 e. The lowest BCUT2D eigenvalue weighted by Gasteiger charge is -2.21. The molecule has 2 N–H and O–H groups in total. The molecule has 1 atom stereocenters. The highest BCUT2D eigenvalue weighted by Crippen LogP contribution is 2.39. The topological polar surface area (TPSA) is 73.3 Å². The molecule has 1 aromatic rings. The smallest absolute Gasteiger partial charge is 0.203 e. The van der Waals surface area contributed by atoms with Gasteiger partial charge in [0.25, 0.3) is 0 Å². The summed E-state index contributed by atoms with van der Waals surface area (Å²) in [4.78, 5) is 4.70. The second-order valence-electron chi connectivity index (χ2n) is 6.77. The van der Waals surface area contributed by atoms with Crippen LogP contribution >= 0.6 is 0 Å². The summed E-state index contributed by atoms with van der Waals surface area (Å²) in [5.41, 5.74) is 0.902. The average molecular weight is 380 g/mol. The quantitative estimate of drug-likeness (QED) is 0.507. The minimum absolute atomic E-state index is 0.144. The summed E-state index contributed by atoms with van der Waals surface area (Å²) in [5.74, 6) is 2.77. The van der Waals surface area contributed by atoms with Crippen LogP contribution in [-0.4, -0.2) is 59.1 Å². The van der Waals surface area contributed by atoms with Gasteiger partial charge in [0.05, 0.1) is 33.5 Å². The molecule has 1 fully saturated rings. The fourth-order valence-electron chi connectivity index (χ4n) is 3.23. The van der Waals surface area contributed by atoms with Gasteiger partial charge in [0.2, 0.25) is 5.75 Å². The van der Waals surface area contributed by atoms with Gasteiger partial charge in [-0.15, -0.1) is 0 Å². The van der Waals surface area contributed by atoms with E-state index in [4.69, 9.17) is 23.9 Å². The summed E-state index contributed by atoms with van der Waals surface area (Å²) in [6.07, 6.45) is 2.93. The monoisotopic (exact) mass is 379 g/mol. The predicted molar refractivity (Wildman–Crippen MR) is 107 cm³/mol. The van der Waals surface area contributed by atoms with Crippen LogP contribution in [0.2, 0.25) is 0 Å². The van der Waals surface area contributed by atoms with Gasteiger partial charge >= 0.3 is 0 Å². The standard InChI is InChI=1S/C20H33N3O4/c1-6-21-19(23-14-20(2)11-7-13-27-20)22-12-10-15-8-9-16(24-3)18(26-5)17(15)25-4/h8-9H,6-7,10-14H2,1-5H3,(H2,21,22,23). The molecule has 27 heavy (non-hydrogen) atoms. The van der Waals surface area contributed by atoms with Crippen LogP contribution in [0.4, 0.5) is 0 Å². The Morgan fingerprint density at radius 3 is 2.52 bits per heavy atom. The number of benzene rings is 1. The molecule has 1 aliphatic heterocycles. The van der Waals surface area contributed by atoms with Gasteiger partial charge < -0.3 is 29.6 Å². The van der Waals surface area contributed by atoms with Gasteiger partial charge in [-0.2, -0.15) is 0 Å². The summed E-state index contributed by atoms with van der Waals surface area (Å²) >= 11 is 0. The maximum absolute atomic E-state index is 5.82. The lowest BCUT2D eigenvalue weighted by atomic mass is 10.0. The summed E-state index contributed by atoms with van der Waals surface area (Å²) in [7, 11) is 4.87. The molecule has 1 saturated heterocycles. The van der Waals surface area contributed by atoms with E-state index >= 15 is 0 Å². The van der Waals surface area contributed by atoms with E-state index in [2.05, 4.69) is 24.5 Å². The van der Waals surface area contributed by atoms with E-state index in [0.29, 0.717) is 23.8 Å². The first-order valence-corrected chi connectivity index (χ1v) is 9.51. The van der Waals surface area contributed by atoms with Gasteiger partial charge in [0.15, 0.2) is 17.5 Å². The van der Waals surface area contributed by atoms with Crippen LogP contribution < -0.4 is 24.8 Å². The molecule has 0 aliphatic carbocycles. The molecule has 1 aliphatic rings. The molecule has 0 aromatic heterocycles. The number of hydrogen-bond donors (Lipinski definition) is 2. The minimum Gasteiger partial charge on any atom is -0.493 e. The Bertz CT molecular complexity index is 628. The summed E-state index contributed by atoms with van der Waals surface area (Å²) in [6, 6.07) is 3.90. The fourth-order valence-corrected chi connectivity index (χ4v) is 3.23. The Hall–Kier alpha value is -2.15. The van der Waals surface area contributed by atoms with E-state index < -0.39 is 0 Å². The van der Waals surface area contributed by atoms with Gasteiger partial charge in [0.1, 0.15) is 0 Å². The lowest BCUT2D eigenvalue weighted by molar-refractivity contribution is 0.0283. The number of hydrogen-bond acceptors (Lipinski definition) is 5. The van der Waals surface area contributed by atoms with E-state index in [1.165, 1.54) is 0 Å². The molecule has 1 unspecified atom stereocenters. The maximum atomic E-state index is 5.82. The highest BCUT2D eigenvalue weighted by Gasteiger charge is 2.29. The van der Waals surface area contributed by atoms with Gasteiger partial charge in [-0.1, -0.05) is 6.07 Å². The van der Waals surface area contributed by atoms with E-state index in [-0.39, 0.29) is 5.60 Å². The number of rotatable bonds is 9. The van der Waals surface area contributed by atoms with Crippen molar-refractivity contribution >= 4 is 5.96 Å². The molecule has 0 bridgehead atoms. The lowest BCUT2D eigenvalue weighted by Crippen LogP contribution is -2.40. The SMILES string of the molecule is CCNC(=NCC1(C)CCCO1)NCCc1ccc(OC)c(OC)c1OC. The highest BCUT2D eigenvalue weighted by atomic mass is 16.5. The molecule has 152 valence electrons. The average Bonchev–Trinajstić information content (AvgIpc) is 3.12. The molecule has 0 amide bonds. The number of nitrogens with one attached hydrogen (secondary N) is 2. The van der Waals surface area contributed by atoms with Crippen LogP contribution in [0.1, 0.15) is 32.3 Å². The first kappa shape index (κ1) is 21.2. The van der Waals surface area contributed by atoms with Crippen LogP contribution in [-0.2, 0) is 11.2 Å². The minimum atomic E-state index is -0.144. The van der Waals surface area contributed by atoms with Crippen molar-refractivity contribution in [2.24, 2.45) is 4.99 Å². The Morgan fingerprint density at radius 1 is 1.15 bits per heavy atom. The van der Waals surface area contributed by atoms with Gasteiger partial charge in [0, 0.05) is 25.3 Å². The molecule has 0 radical (unpaired) electrons. The van der Waals surface area contributed by atoms with Crippen LogP contribution in [0.3, 0.4) is 0 Å². The van der Waals surface area contributed by atoms with E-state index in [9.17, 15) is 0 Å². The number of methoxy groups -OCH3 is 3. The van der Waals surface area contributed by atoms with E-state index in [0.717, 1.165) is 50.5 Å². The van der Waals surface area contributed by atoms with Crippen molar-refractivity contribution in [2.75, 3.05) is 47.6 Å². The third-order valence-corrected chi connectivity index (χ3v) is 4.69. The number of ether oxygens (including phenoxy) is 4. The Morgan fingerprint density at radius 2 is 1.93 bits per heavy atom. The Labute approximate surface area is 162 Å². The van der Waals surface area contributed by atoms with Gasteiger partial charge in [-0.3, -0.25) is 4.99 Å². The maximum Gasteiger partial charge on any atom is 0.203 e. The summed E-state index contributed by atoms with van der Waals surface area (Å²) < 4.78 is 22.2. The molecule has 1 aromatic carbocycles. The Balaban J connectivity index is 2.00. The molecule has 2 rings (SSSR count). The van der Waals surface area contributed by atoms with E-state index in [1.54, 1.807) is 21.3 Å². The van der Waals surface area contributed by atoms with Crippen molar-refractivity contribution in [3.63, 3.8) is 0 Å². The number of aliphatic imine (C=N–C) groups is 1. The number of nitrogens with zero attached hydrogens (tertiary/aromatic N) is 1. The van der Waals surface area contributed by atoms with Crippen molar-refractivity contribution in [1.82, 2.24) is 10.6 Å². The van der Waals surface area contributed by atoms with Crippen LogP contribution in [0.25, 0.3) is 0 Å². The van der Waals surface area contributed by atoms with Crippen LogP contribution in [0, 0.1) is 0 Å². The second kappa shape index (κ2) is 10.3. The van der Waals surface area contributed by atoms with Crippen LogP contribution in [0.15, 0.2) is 17.1 Å². The molecule has 1 heterocycles. The number of guanidine groups is 1.